The van der Waals surface area contributed by atoms with Crippen molar-refractivity contribution in [3.8, 4) is 0 Å². The molecule has 0 spiro atoms. The van der Waals surface area contributed by atoms with Crippen LogP contribution in [-0.2, 0) is 7.05 Å². The van der Waals surface area contributed by atoms with Crippen molar-refractivity contribution in [1.29, 1.82) is 0 Å². The van der Waals surface area contributed by atoms with Crippen LogP contribution in [0.3, 0.4) is 0 Å². The van der Waals surface area contributed by atoms with Gasteiger partial charge in [-0.3, -0.25) is 0 Å². The van der Waals surface area contributed by atoms with Crippen molar-refractivity contribution in [1.82, 2.24) is 14.5 Å². The number of hydrazine groups is 2. The first-order valence-electron chi connectivity index (χ1n) is 3.97. The summed E-state index contributed by atoms with van der Waals surface area (Å²) in [6.07, 6.45) is 1.84. The summed E-state index contributed by atoms with van der Waals surface area (Å²) in [5.74, 6) is 11.4. The Balaban J connectivity index is 2.82. The second-order valence-electron chi connectivity index (χ2n) is 2.98. The second kappa shape index (κ2) is 2.82. The van der Waals surface area contributed by atoms with Crippen LogP contribution >= 0.6 is 0 Å². The van der Waals surface area contributed by atoms with E-state index in [1.807, 2.05) is 23.9 Å². The maximum absolute atomic E-state index is 5.52. The van der Waals surface area contributed by atoms with E-state index in [0.29, 0.717) is 11.5 Å². The molecular weight excluding hydrogens is 182 g/mol. The molecule has 2 aromatic heterocycles. The van der Waals surface area contributed by atoms with Crippen molar-refractivity contribution in [2.24, 2.45) is 18.7 Å². The van der Waals surface area contributed by atoms with E-state index < -0.39 is 0 Å². The molecule has 0 saturated heterocycles. The third-order valence-electron chi connectivity index (χ3n) is 1.97. The van der Waals surface area contributed by atoms with Crippen molar-refractivity contribution in [3.05, 3.63) is 12.3 Å². The monoisotopic (exact) mass is 193 g/mol. The van der Waals surface area contributed by atoms with E-state index in [0.717, 1.165) is 10.5 Å². The largest absolute Gasteiger partial charge is 0.368 e. The predicted octanol–water partition coefficient (Wildman–Crippen LogP) is -0.896. The molecule has 0 unspecified atom stereocenters. The van der Waals surface area contributed by atoms with Crippen LogP contribution in [0.25, 0.3) is 11.0 Å². The molecule has 7 nitrogen and oxygen atoms in total. The lowest BCUT2D eigenvalue weighted by Gasteiger charge is -2.11. The quantitative estimate of drug-likeness (QED) is 0.400. The van der Waals surface area contributed by atoms with Crippen LogP contribution in [0, 0.1) is 0 Å². The summed E-state index contributed by atoms with van der Waals surface area (Å²) >= 11 is 0. The van der Waals surface area contributed by atoms with Crippen LogP contribution in [0.5, 0.6) is 0 Å². The van der Waals surface area contributed by atoms with Gasteiger partial charge in [0.25, 0.3) is 0 Å². The molecule has 0 fully saturated rings. The number of aromatic nitrogens is 3. The number of anilines is 2. The summed E-state index contributed by atoms with van der Waals surface area (Å²) in [5.41, 5.74) is 6.22. The maximum atomic E-state index is 5.52. The lowest BCUT2D eigenvalue weighted by molar-refractivity contribution is 0.895. The molecule has 14 heavy (non-hydrogen) atoms. The Morgan fingerprint density at radius 2 is 2.07 bits per heavy atom. The number of fused-ring (bicyclic) bond motifs is 1. The molecule has 2 rings (SSSR count). The number of nitrogens with two attached hydrogens (primary N) is 3. The molecule has 0 amide bonds. The number of hydrogen-bond donors (Lipinski definition) is 3. The molecule has 74 valence electrons. The van der Waals surface area contributed by atoms with E-state index in [-0.39, 0.29) is 5.95 Å². The highest BCUT2D eigenvalue weighted by atomic mass is 15.6. The second-order valence-corrected chi connectivity index (χ2v) is 2.98. The van der Waals surface area contributed by atoms with Crippen LogP contribution in [0.2, 0.25) is 0 Å². The van der Waals surface area contributed by atoms with Crippen LogP contribution in [0.1, 0.15) is 0 Å². The Bertz CT molecular complexity index is 472. The van der Waals surface area contributed by atoms with Gasteiger partial charge in [0.2, 0.25) is 5.95 Å². The van der Waals surface area contributed by atoms with Crippen molar-refractivity contribution in [2.75, 3.05) is 10.9 Å². The molecule has 2 heterocycles. The predicted molar refractivity (Wildman–Crippen MR) is 53.8 cm³/mol. The molecule has 6 N–H and O–H groups in total. The molecule has 0 bridgehead atoms. The van der Waals surface area contributed by atoms with E-state index in [4.69, 9.17) is 17.4 Å². The Hall–Kier alpha value is -1.86. The van der Waals surface area contributed by atoms with E-state index >= 15 is 0 Å². The van der Waals surface area contributed by atoms with Crippen molar-refractivity contribution in [2.45, 2.75) is 0 Å². The molecule has 0 aromatic carbocycles. The average molecular weight is 193 g/mol. The Kier molecular flexibility index (Phi) is 1.76. The van der Waals surface area contributed by atoms with Crippen molar-refractivity contribution < 1.29 is 0 Å². The highest BCUT2D eigenvalue weighted by Crippen LogP contribution is 2.21. The van der Waals surface area contributed by atoms with E-state index in [9.17, 15) is 0 Å². The fraction of sp³-hybridized carbons (Fsp3) is 0.143. The minimum Gasteiger partial charge on any atom is -0.368 e. The number of nitrogen functional groups attached to an aromatic ring is 1. The maximum Gasteiger partial charge on any atom is 0.224 e. The summed E-state index contributed by atoms with van der Waals surface area (Å²) in [4.78, 5) is 8.01. The third kappa shape index (κ3) is 1.15. The van der Waals surface area contributed by atoms with Crippen LogP contribution in [0.15, 0.2) is 12.3 Å². The Morgan fingerprint density at radius 3 is 2.71 bits per heavy atom. The first-order valence-corrected chi connectivity index (χ1v) is 3.97. The first-order chi connectivity index (χ1) is 6.59. The third-order valence-corrected chi connectivity index (χ3v) is 1.97. The molecule has 7 heteroatoms. The summed E-state index contributed by atoms with van der Waals surface area (Å²) in [5, 5.41) is 1.70. The highest BCUT2D eigenvalue weighted by Gasteiger charge is 2.10. The standard InChI is InChI=1S/C7H11N7/c1-13-3-2-4-5(13)11-7(8)12-6(4)14(9)10/h2-3H,9-10H2,1H3,(H2,8,11,12). The molecule has 0 atom stereocenters. The highest BCUT2D eigenvalue weighted by molar-refractivity contribution is 5.88. The molecule has 0 aliphatic heterocycles. The topological polar surface area (TPSA) is 112 Å². The van der Waals surface area contributed by atoms with E-state index in [1.165, 1.54) is 0 Å². The smallest absolute Gasteiger partial charge is 0.224 e. The summed E-state index contributed by atoms with van der Waals surface area (Å²) < 4.78 is 1.82. The zero-order chi connectivity index (χ0) is 10.3. The normalized spacial score (nSPS) is 10.8. The van der Waals surface area contributed by atoms with Gasteiger partial charge in [-0.05, 0) is 6.07 Å². The van der Waals surface area contributed by atoms with Crippen molar-refractivity contribution >= 4 is 22.8 Å². The van der Waals surface area contributed by atoms with E-state index in [2.05, 4.69) is 9.97 Å². The molecule has 0 saturated carbocycles. The van der Waals surface area contributed by atoms with Crippen LogP contribution < -0.4 is 22.5 Å². The molecule has 0 aliphatic carbocycles. The zero-order valence-corrected chi connectivity index (χ0v) is 7.68. The lowest BCUT2D eigenvalue weighted by Crippen LogP contribution is -2.38. The van der Waals surface area contributed by atoms with Gasteiger partial charge >= 0.3 is 0 Å². The van der Waals surface area contributed by atoms with Crippen LogP contribution in [0.4, 0.5) is 11.8 Å². The molecular formula is C7H11N7. The summed E-state index contributed by atoms with van der Waals surface area (Å²) in [6, 6.07) is 1.83. The SMILES string of the molecule is Cn1ccc2c(N(N)N)nc(N)nc21. The van der Waals surface area contributed by atoms with Gasteiger partial charge in [-0.15, -0.1) is 0 Å². The zero-order valence-electron chi connectivity index (χ0n) is 7.68. The Morgan fingerprint density at radius 1 is 1.36 bits per heavy atom. The number of rotatable bonds is 1. The average Bonchev–Trinajstić information content (AvgIpc) is 2.47. The minimum absolute atomic E-state index is 0.148. The number of hydrogen-bond acceptors (Lipinski definition) is 6. The summed E-state index contributed by atoms with van der Waals surface area (Å²) in [7, 11) is 1.86. The lowest BCUT2D eigenvalue weighted by atomic mass is 10.4. The van der Waals surface area contributed by atoms with Gasteiger partial charge in [-0.2, -0.15) is 9.97 Å². The van der Waals surface area contributed by atoms with Crippen LogP contribution in [-0.4, -0.2) is 14.5 Å². The van der Waals surface area contributed by atoms with Gasteiger partial charge in [0, 0.05) is 13.2 Å². The van der Waals surface area contributed by atoms with Gasteiger partial charge in [-0.1, -0.05) is 0 Å². The van der Waals surface area contributed by atoms with E-state index in [1.54, 1.807) is 0 Å². The van der Waals surface area contributed by atoms with Gasteiger partial charge in [0.05, 0.1) is 5.39 Å². The van der Waals surface area contributed by atoms with Gasteiger partial charge in [0.15, 0.2) is 5.82 Å². The summed E-state index contributed by atoms with van der Waals surface area (Å²) in [6.45, 7) is 0. The molecule has 2 aromatic rings. The van der Waals surface area contributed by atoms with Gasteiger partial charge < -0.3 is 10.3 Å². The fourth-order valence-corrected chi connectivity index (χ4v) is 1.33. The van der Waals surface area contributed by atoms with Gasteiger partial charge in [-0.25, -0.2) is 16.8 Å². The fourth-order valence-electron chi connectivity index (χ4n) is 1.33. The number of aryl methyl sites for hydroxylation is 1. The number of nitrogens with zero attached hydrogens (tertiary/aromatic N) is 4. The Labute approximate surface area is 80.1 Å². The minimum atomic E-state index is 0.148. The van der Waals surface area contributed by atoms with Gasteiger partial charge in [0.1, 0.15) is 5.65 Å². The first kappa shape index (κ1) is 8.73. The van der Waals surface area contributed by atoms with Crippen molar-refractivity contribution in [3.63, 3.8) is 0 Å². The molecule has 0 radical (unpaired) electrons. The molecule has 0 aliphatic rings.